The van der Waals surface area contributed by atoms with Gasteiger partial charge in [0.1, 0.15) is 0 Å². The van der Waals surface area contributed by atoms with Crippen LogP contribution in [0.5, 0.6) is 5.88 Å². The van der Waals surface area contributed by atoms with Crippen molar-refractivity contribution in [2.24, 2.45) is 0 Å². The molecule has 0 aliphatic rings. The van der Waals surface area contributed by atoms with Gasteiger partial charge in [-0.25, -0.2) is 4.79 Å². The van der Waals surface area contributed by atoms with Gasteiger partial charge >= 0.3 is 15.8 Å². The molecule has 0 unspecified atom stereocenters. The van der Waals surface area contributed by atoms with Crippen LogP contribution in [-0.2, 0) is 10.1 Å². The molecule has 0 bridgehead atoms. The predicted octanol–water partition coefficient (Wildman–Crippen LogP) is -1.60. The lowest BCUT2D eigenvalue weighted by Crippen LogP contribution is -2.22. The van der Waals surface area contributed by atoms with Gasteiger partial charge in [-0.05, 0) is 0 Å². The number of nitrogens with one attached hydrogen (secondary N) is 2. The highest BCUT2D eigenvalue weighted by atomic mass is 32.2. The largest absolute Gasteiger partial charge is 0.364 e. The molecule has 0 aliphatic carbocycles. The molecular weight excluding hydrogens is 200 g/mol. The van der Waals surface area contributed by atoms with Crippen molar-refractivity contribution in [3.05, 3.63) is 26.9 Å². The Bertz CT molecular complexity index is 482. The van der Waals surface area contributed by atoms with Gasteiger partial charge in [0.2, 0.25) is 5.88 Å². The first kappa shape index (κ1) is 9.52. The average molecular weight is 206 g/mol. The predicted molar refractivity (Wildman–Crippen MR) is 43.2 cm³/mol. The first-order valence-corrected chi connectivity index (χ1v) is 4.91. The molecule has 1 aromatic rings. The molecule has 8 heteroatoms. The van der Waals surface area contributed by atoms with E-state index in [9.17, 15) is 18.0 Å². The number of hydrogen-bond donors (Lipinski definition) is 2. The third-order valence-corrected chi connectivity index (χ3v) is 1.46. The monoisotopic (exact) mass is 206 g/mol. The van der Waals surface area contributed by atoms with Gasteiger partial charge in [0, 0.05) is 0 Å². The molecule has 7 nitrogen and oxygen atoms in total. The Balaban J connectivity index is 3.18. The van der Waals surface area contributed by atoms with Gasteiger partial charge in [0.05, 0.1) is 12.3 Å². The maximum Gasteiger partial charge on any atom is 0.328 e. The highest BCUT2D eigenvalue weighted by Gasteiger charge is 2.05. The van der Waals surface area contributed by atoms with Gasteiger partial charge in [0.25, 0.3) is 5.56 Å². The number of hydrogen-bond acceptors (Lipinski definition) is 5. The number of aromatic nitrogens is 2. The Hall–Kier alpha value is -1.57. The summed E-state index contributed by atoms with van der Waals surface area (Å²) in [6.07, 6.45) is 0.798. The van der Waals surface area contributed by atoms with E-state index in [4.69, 9.17) is 0 Å². The normalized spacial score (nSPS) is 11.2. The van der Waals surface area contributed by atoms with Gasteiger partial charge in [0.15, 0.2) is 0 Å². The summed E-state index contributed by atoms with van der Waals surface area (Å²) in [5, 5.41) is 0. The maximum absolute atomic E-state index is 10.6. The van der Waals surface area contributed by atoms with Gasteiger partial charge < -0.3 is 4.18 Å². The standard InChI is InChI=1S/C5H6N2O5S/c1-13(10,11)12-4-2-3(8)6-5(9)7-4/h2H,1H3,(H2,6,7,8,9). The molecule has 0 radical (unpaired) electrons. The van der Waals surface area contributed by atoms with Gasteiger partial charge in [-0.1, -0.05) is 0 Å². The van der Waals surface area contributed by atoms with Gasteiger partial charge in [-0.2, -0.15) is 8.42 Å². The summed E-state index contributed by atoms with van der Waals surface area (Å²) in [4.78, 5) is 25.1. The molecule has 0 saturated heterocycles. The molecule has 0 spiro atoms. The molecular formula is C5H6N2O5S. The summed E-state index contributed by atoms with van der Waals surface area (Å²) < 4.78 is 25.4. The molecule has 0 aromatic carbocycles. The van der Waals surface area contributed by atoms with Crippen molar-refractivity contribution in [2.45, 2.75) is 0 Å². The second-order valence-corrected chi connectivity index (χ2v) is 3.81. The second-order valence-electron chi connectivity index (χ2n) is 2.24. The van der Waals surface area contributed by atoms with Crippen molar-refractivity contribution in [1.29, 1.82) is 0 Å². The van der Waals surface area contributed by atoms with Crippen molar-refractivity contribution < 1.29 is 12.6 Å². The van der Waals surface area contributed by atoms with Crippen molar-refractivity contribution >= 4 is 10.1 Å². The Morgan fingerprint density at radius 1 is 1.31 bits per heavy atom. The maximum atomic E-state index is 10.6. The minimum atomic E-state index is -3.73. The van der Waals surface area contributed by atoms with Crippen LogP contribution in [0.4, 0.5) is 0 Å². The summed E-state index contributed by atoms with van der Waals surface area (Å²) in [5.41, 5.74) is -1.56. The zero-order chi connectivity index (χ0) is 10.1. The number of rotatable bonds is 2. The van der Waals surface area contributed by atoms with E-state index in [-0.39, 0.29) is 0 Å². The molecule has 1 rings (SSSR count). The van der Waals surface area contributed by atoms with Crippen LogP contribution < -0.4 is 15.4 Å². The lowest BCUT2D eigenvalue weighted by atomic mass is 10.6. The van der Waals surface area contributed by atoms with Crippen molar-refractivity contribution in [3.63, 3.8) is 0 Å². The van der Waals surface area contributed by atoms with Gasteiger partial charge in [-0.15, -0.1) is 0 Å². The van der Waals surface area contributed by atoms with E-state index in [1.165, 1.54) is 0 Å². The highest BCUT2D eigenvalue weighted by molar-refractivity contribution is 7.86. The Kier molecular flexibility index (Phi) is 2.24. The van der Waals surface area contributed by atoms with Crippen LogP contribution in [0.1, 0.15) is 0 Å². The molecule has 0 fully saturated rings. The van der Waals surface area contributed by atoms with E-state index in [1.807, 2.05) is 9.97 Å². The summed E-state index contributed by atoms with van der Waals surface area (Å²) >= 11 is 0. The van der Waals surface area contributed by atoms with Gasteiger partial charge in [-0.3, -0.25) is 14.8 Å². The molecule has 2 N–H and O–H groups in total. The first-order valence-electron chi connectivity index (χ1n) is 3.10. The van der Waals surface area contributed by atoms with Crippen LogP contribution in [0, 0.1) is 0 Å². The van der Waals surface area contributed by atoms with Crippen LogP contribution in [0.3, 0.4) is 0 Å². The van der Waals surface area contributed by atoms with Crippen LogP contribution in [0.2, 0.25) is 0 Å². The van der Waals surface area contributed by atoms with E-state index >= 15 is 0 Å². The first-order chi connectivity index (χ1) is 5.87. The SMILES string of the molecule is CS(=O)(=O)Oc1cc(=O)[nH]c(=O)[nH]1. The van der Waals surface area contributed by atoms with E-state index in [1.54, 1.807) is 0 Å². The van der Waals surface area contributed by atoms with Crippen LogP contribution in [0.15, 0.2) is 15.7 Å². The highest BCUT2D eigenvalue weighted by Crippen LogP contribution is 2.00. The van der Waals surface area contributed by atoms with Crippen molar-refractivity contribution in [2.75, 3.05) is 6.26 Å². The molecule has 1 aromatic heterocycles. The Labute approximate surface area is 72.5 Å². The van der Waals surface area contributed by atoms with E-state index in [0.717, 1.165) is 12.3 Å². The quantitative estimate of drug-likeness (QED) is 0.566. The molecule has 13 heavy (non-hydrogen) atoms. The molecule has 72 valence electrons. The fraction of sp³-hybridized carbons (Fsp3) is 0.200. The molecule has 1 heterocycles. The molecule has 0 amide bonds. The average Bonchev–Trinajstić information content (AvgIpc) is 1.78. The topological polar surface area (TPSA) is 109 Å². The zero-order valence-corrected chi connectivity index (χ0v) is 7.34. The third-order valence-electron chi connectivity index (χ3n) is 0.977. The Morgan fingerprint density at radius 3 is 2.38 bits per heavy atom. The number of H-pyrrole nitrogens is 2. The van der Waals surface area contributed by atoms with Crippen LogP contribution in [-0.4, -0.2) is 24.6 Å². The fourth-order valence-electron chi connectivity index (χ4n) is 0.654. The summed E-state index contributed by atoms with van der Waals surface area (Å²) in [7, 11) is -3.73. The molecule has 0 aliphatic heterocycles. The van der Waals surface area contributed by atoms with E-state index in [2.05, 4.69) is 4.18 Å². The smallest absolute Gasteiger partial charge is 0.328 e. The second kappa shape index (κ2) is 3.05. The molecule has 0 saturated carbocycles. The minimum absolute atomic E-state index is 0.406. The summed E-state index contributed by atoms with van der Waals surface area (Å²) in [5.74, 6) is -0.406. The fourth-order valence-corrected chi connectivity index (χ4v) is 1.07. The van der Waals surface area contributed by atoms with Crippen molar-refractivity contribution in [1.82, 2.24) is 9.97 Å². The lowest BCUT2D eigenvalue weighted by Gasteiger charge is -1.99. The Morgan fingerprint density at radius 2 is 1.92 bits per heavy atom. The van der Waals surface area contributed by atoms with Crippen LogP contribution in [0.25, 0.3) is 0 Å². The van der Waals surface area contributed by atoms with Crippen LogP contribution >= 0.6 is 0 Å². The third kappa shape index (κ3) is 3.11. The van der Waals surface area contributed by atoms with E-state index < -0.39 is 27.2 Å². The summed E-state index contributed by atoms with van der Waals surface area (Å²) in [6.45, 7) is 0. The van der Waals surface area contributed by atoms with E-state index in [0.29, 0.717) is 0 Å². The number of aromatic amines is 2. The zero-order valence-electron chi connectivity index (χ0n) is 6.53. The van der Waals surface area contributed by atoms with Crippen molar-refractivity contribution in [3.8, 4) is 5.88 Å². The minimum Gasteiger partial charge on any atom is -0.364 e. The summed E-state index contributed by atoms with van der Waals surface area (Å²) in [6, 6.07) is 0.822. The lowest BCUT2D eigenvalue weighted by molar-refractivity contribution is 0.480. The molecule has 0 atom stereocenters.